The molecule has 49 heavy (non-hydrogen) atoms. The molecule has 0 spiro atoms. The van der Waals surface area contributed by atoms with Crippen molar-refractivity contribution in [2.24, 2.45) is 0 Å². The first-order valence-electron chi connectivity index (χ1n) is 16.1. The molecule has 0 unspecified atom stereocenters. The number of hydrogen-bond acceptors (Lipinski definition) is 8. The van der Waals surface area contributed by atoms with Crippen LogP contribution in [0.4, 0.5) is 4.39 Å². The van der Waals surface area contributed by atoms with Crippen LogP contribution in [0.25, 0.3) is 33.6 Å². The van der Waals surface area contributed by atoms with Crippen molar-refractivity contribution in [2.75, 3.05) is 27.3 Å². The van der Waals surface area contributed by atoms with Crippen molar-refractivity contribution in [3.8, 4) is 45.3 Å². The molecule has 2 atom stereocenters. The molecule has 0 bridgehead atoms. The van der Waals surface area contributed by atoms with Gasteiger partial charge in [0.2, 0.25) is 17.7 Å². The Balaban J connectivity index is 1.22. The maximum Gasteiger partial charge on any atom is 0.220 e. The van der Waals surface area contributed by atoms with Crippen LogP contribution >= 0.6 is 23.2 Å². The number of methoxy groups -OCH3 is 2. The normalized spacial score (nSPS) is 17.2. The van der Waals surface area contributed by atoms with Crippen LogP contribution in [0.1, 0.15) is 36.8 Å². The largest absolute Gasteiger partial charge is 0.496 e. The number of nitrogens with one attached hydrogen (secondary N) is 4. The van der Waals surface area contributed by atoms with Crippen molar-refractivity contribution in [1.29, 1.82) is 0 Å². The Kier molecular flexibility index (Phi) is 10.9. The Labute approximate surface area is 294 Å². The second-order valence-corrected chi connectivity index (χ2v) is 12.8. The predicted octanol–water partition coefficient (Wildman–Crippen LogP) is 5.68. The molecule has 2 aliphatic rings. The molecule has 2 aromatic heterocycles. The van der Waals surface area contributed by atoms with Gasteiger partial charge in [0.1, 0.15) is 11.6 Å². The van der Waals surface area contributed by atoms with E-state index in [1.54, 1.807) is 25.4 Å². The summed E-state index contributed by atoms with van der Waals surface area (Å²) in [6.07, 6.45) is 4.23. The van der Waals surface area contributed by atoms with Crippen LogP contribution in [0.15, 0.2) is 54.7 Å². The van der Waals surface area contributed by atoms with Gasteiger partial charge in [-0.25, -0.2) is 9.37 Å². The summed E-state index contributed by atoms with van der Waals surface area (Å²) in [5.41, 5.74) is 4.64. The number of rotatable bonds is 13. The molecule has 0 radical (unpaired) electrons. The third-order valence-corrected chi connectivity index (χ3v) is 9.59. The molecule has 2 aliphatic heterocycles. The molecule has 13 heteroatoms. The van der Waals surface area contributed by atoms with Gasteiger partial charge >= 0.3 is 0 Å². The molecule has 0 saturated carbocycles. The fourth-order valence-electron chi connectivity index (χ4n) is 6.24. The molecule has 0 aliphatic carbocycles. The van der Waals surface area contributed by atoms with E-state index in [1.165, 1.54) is 13.2 Å². The van der Waals surface area contributed by atoms with Crippen LogP contribution in [0.3, 0.4) is 0 Å². The van der Waals surface area contributed by atoms with E-state index >= 15 is 4.39 Å². The summed E-state index contributed by atoms with van der Waals surface area (Å²) in [5, 5.41) is 13.2. The van der Waals surface area contributed by atoms with Gasteiger partial charge in [0.05, 0.1) is 35.7 Å². The van der Waals surface area contributed by atoms with Crippen LogP contribution in [-0.4, -0.2) is 61.2 Å². The summed E-state index contributed by atoms with van der Waals surface area (Å²) in [4.78, 5) is 32.2. The second kappa shape index (κ2) is 15.5. The number of aromatic nitrogens is 2. The van der Waals surface area contributed by atoms with Crippen LogP contribution < -0.4 is 30.7 Å². The highest BCUT2D eigenvalue weighted by Gasteiger charge is 2.23. The minimum Gasteiger partial charge on any atom is -0.496 e. The zero-order valence-corrected chi connectivity index (χ0v) is 28.7. The molecule has 2 aromatic carbocycles. The summed E-state index contributed by atoms with van der Waals surface area (Å²) in [7, 11) is 3.06. The molecule has 6 rings (SSSR count). The lowest BCUT2D eigenvalue weighted by Gasteiger charge is -2.17. The molecule has 4 heterocycles. The predicted molar refractivity (Wildman–Crippen MR) is 187 cm³/mol. The van der Waals surface area contributed by atoms with Gasteiger partial charge in [0.25, 0.3) is 0 Å². The molecular weight excluding hydrogens is 670 g/mol. The van der Waals surface area contributed by atoms with Crippen LogP contribution in [0.5, 0.6) is 11.6 Å². The molecule has 256 valence electrons. The van der Waals surface area contributed by atoms with Gasteiger partial charge in [0, 0.05) is 90.7 Å². The molecule has 4 aromatic rings. The first-order chi connectivity index (χ1) is 23.7. The Bertz CT molecular complexity index is 1880. The molecule has 4 N–H and O–H groups in total. The number of carbonyl (C=O) groups is 2. The Hall–Kier alpha value is -4.29. The first kappa shape index (κ1) is 34.6. The van der Waals surface area contributed by atoms with Gasteiger partial charge in [-0.1, -0.05) is 47.5 Å². The Morgan fingerprint density at radius 2 is 1.53 bits per heavy atom. The van der Waals surface area contributed by atoms with E-state index < -0.39 is 5.82 Å². The van der Waals surface area contributed by atoms with Crippen LogP contribution in [0, 0.1) is 5.82 Å². The molecular formula is C36H37Cl2FN6O4. The zero-order valence-electron chi connectivity index (χ0n) is 27.2. The highest BCUT2D eigenvalue weighted by molar-refractivity contribution is 6.39. The Morgan fingerprint density at radius 3 is 2.18 bits per heavy atom. The van der Waals surface area contributed by atoms with Gasteiger partial charge < -0.3 is 30.7 Å². The van der Waals surface area contributed by atoms with Crippen molar-refractivity contribution in [3.63, 3.8) is 0 Å². The molecule has 2 saturated heterocycles. The average Bonchev–Trinajstić information content (AvgIpc) is 3.72. The van der Waals surface area contributed by atoms with Crippen molar-refractivity contribution in [1.82, 2.24) is 31.2 Å². The van der Waals surface area contributed by atoms with E-state index in [4.69, 9.17) is 37.7 Å². The number of halogens is 3. The summed E-state index contributed by atoms with van der Waals surface area (Å²) < 4.78 is 26.7. The fourth-order valence-corrected chi connectivity index (χ4v) is 6.88. The van der Waals surface area contributed by atoms with Crippen LogP contribution in [-0.2, 0) is 22.7 Å². The third-order valence-electron chi connectivity index (χ3n) is 8.80. The van der Waals surface area contributed by atoms with Gasteiger partial charge in [-0.15, -0.1) is 0 Å². The lowest BCUT2D eigenvalue weighted by molar-refractivity contribution is -0.120. The lowest BCUT2D eigenvalue weighted by atomic mass is 9.99. The van der Waals surface area contributed by atoms with Crippen molar-refractivity contribution >= 4 is 35.0 Å². The zero-order chi connectivity index (χ0) is 34.5. The molecule has 2 amide bonds. The number of carbonyl (C=O) groups excluding carboxylic acids is 2. The van der Waals surface area contributed by atoms with Gasteiger partial charge in [-0.2, -0.15) is 0 Å². The number of benzene rings is 2. The third kappa shape index (κ3) is 7.80. The lowest BCUT2D eigenvalue weighted by Crippen LogP contribution is -2.35. The van der Waals surface area contributed by atoms with Gasteiger partial charge in [0.15, 0.2) is 0 Å². The summed E-state index contributed by atoms with van der Waals surface area (Å²) >= 11 is 14.0. The van der Waals surface area contributed by atoms with E-state index in [2.05, 4.69) is 26.3 Å². The SMILES string of the molecule is COc1cc(-c2nccc(-c3cccc(-c4ccc(CNC[C@@H]5CCC(=O)N5)c(OC)n4)c3Cl)c2Cl)cc(F)c1CNC[C@H]1CCC(=O)N1. The quantitative estimate of drug-likeness (QED) is 0.140. The maximum absolute atomic E-state index is 15.5. The summed E-state index contributed by atoms with van der Waals surface area (Å²) in [5.74, 6) is 0.462. The molecule has 10 nitrogen and oxygen atoms in total. The average molecular weight is 708 g/mol. The monoisotopic (exact) mass is 706 g/mol. The van der Waals surface area contributed by atoms with Gasteiger partial charge in [-0.05, 0) is 37.1 Å². The smallest absolute Gasteiger partial charge is 0.220 e. The highest BCUT2D eigenvalue weighted by Crippen LogP contribution is 2.42. The standard InChI is InChI=1S/C36H37Cl2FN6O4/c1-48-30-15-21(14-28(39)27(30)19-41-18-23-8-11-32(47)44-23)35-34(38)25(12-13-42-35)24-4-3-5-26(33(24)37)29-9-6-20(36(45-29)49-2)16-40-17-22-7-10-31(46)43-22/h3-6,9,12-15,22-23,40-41H,7-8,10-11,16-19H2,1-2H3,(H,43,46)(H,44,47)/t22-,23+/m0/s1. The highest BCUT2D eigenvalue weighted by atomic mass is 35.5. The van der Waals surface area contributed by atoms with E-state index in [1.807, 2.05) is 30.3 Å². The summed E-state index contributed by atoms with van der Waals surface area (Å²) in [6.45, 7) is 1.93. The van der Waals surface area contributed by atoms with E-state index in [0.29, 0.717) is 93.4 Å². The van der Waals surface area contributed by atoms with E-state index in [0.717, 1.165) is 18.4 Å². The van der Waals surface area contributed by atoms with Crippen molar-refractivity contribution in [2.45, 2.75) is 50.9 Å². The topological polar surface area (TPSA) is 126 Å². The minimum atomic E-state index is -0.468. The minimum absolute atomic E-state index is 0.0233. The maximum atomic E-state index is 15.5. The number of nitrogens with zero attached hydrogens (tertiary/aromatic N) is 2. The fraction of sp³-hybridized carbons (Fsp3) is 0.333. The number of hydrogen-bond donors (Lipinski definition) is 4. The van der Waals surface area contributed by atoms with Crippen LogP contribution in [0.2, 0.25) is 10.0 Å². The number of pyridine rings is 2. The second-order valence-electron chi connectivity index (χ2n) is 12.1. The van der Waals surface area contributed by atoms with E-state index in [-0.39, 0.29) is 30.4 Å². The van der Waals surface area contributed by atoms with E-state index in [9.17, 15) is 9.59 Å². The van der Waals surface area contributed by atoms with Crippen molar-refractivity contribution in [3.05, 3.63) is 81.7 Å². The van der Waals surface area contributed by atoms with Gasteiger partial charge in [-0.3, -0.25) is 14.6 Å². The molecule has 2 fully saturated rings. The van der Waals surface area contributed by atoms with Crippen molar-refractivity contribution < 1.29 is 23.5 Å². The first-order valence-corrected chi connectivity index (χ1v) is 16.9. The summed E-state index contributed by atoms with van der Waals surface area (Å²) in [6, 6.07) is 14.4. The Morgan fingerprint density at radius 1 is 0.857 bits per heavy atom. The number of ether oxygens (including phenoxy) is 2. The number of amides is 2.